The standard InChI is InChI=1S/C36H45N7O4/c1-35(2)22-36(3,4)34(35)39-31(45)24-5-7-26(8-6-24)42-20-23(21-42)19-40-13-15-41(16-14-40)27-9-10-28-25(17-27)18-37-43(33(28)47)29-11-12-30(44)38-32(29)46/h5-10,17-18,23,29,34H,11-16,19-22H2,1-4H3,(H,39,45)(H,38,44,46). The molecule has 3 aromatic rings. The smallest absolute Gasteiger partial charge is 0.275 e. The molecule has 3 saturated heterocycles. The molecule has 4 aliphatic rings. The largest absolute Gasteiger partial charge is 0.371 e. The van der Waals surface area contributed by atoms with Crippen LogP contribution in [0.2, 0.25) is 0 Å². The highest BCUT2D eigenvalue weighted by Gasteiger charge is 2.53. The summed E-state index contributed by atoms with van der Waals surface area (Å²) >= 11 is 0. The Hall–Kier alpha value is -4.25. The average Bonchev–Trinajstić information content (AvgIpc) is 3.01. The van der Waals surface area contributed by atoms with Crippen LogP contribution in [0.1, 0.15) is 63.4 Å². The number of piperidine rings is 1. The molecule has 4 fully saturated rings. The van der Waals surface area contributed by atoms with Crippen LogP contribution in [0.25, 0.3) is 10.8 Å². The fraction of sp³-hybridized carbons (Fsp3) is 0.528. The molecule has 1 saturated carbocycles. The summed E-state index contributed by atoms with van der Waals surface area (Å²) < 4.78 is 1.20. The van der Waals surface area contributed by atoms with Crippen molar-refractivity contribution in [1.82, 2.24) is 25.3 Å². The van der Waals surface area contributed by atoms with E-state index in [2.05, 4.69) is 70.3 Å². The molecular formula is C36H45N7O4. The number of rotatable bonds is 7. The lowest BCUT2D eigenvalue weighted by molar-refractivity contribution is -0.136. The molecule has 248 valence electrons. The number of hydrogen-bond donors (Lipinski definition) is 2. The Labute approximate surface area is 275 Å². The second-order valence-electron chi connectivity index (χ2n) is 15.3. The van der Waals surface area contributed by atoms with E-state index in [1.165, 1.54) is 10.4 Å². The van der Waals surface area contributed by atoms with Crippen molar-refractivity contribution in [2.45, 2.75) is 59.0 Å². The second kappa shape index (κ2) is 11.8. The average molecular weight is 640 g/mol. The Morgan fingerprint density at radius 1 is 0.915 bits per heavy atom. The van der Waals surface area contributed by atoms with Crippen LogP contribution in [-0.4, -0.2) is 84.3 Å². The summed E-state index contributed by atoms with van der Waals surface area (Å²) in [5.41, 5.74) is 2.88. The van der Waals surface area contributed by atoms with Gasteiger partial charge in [0.15, 0.2) is 0 Å². The molecule has 1 unspecified atom stereocenters. The maximum absolute atomic E-state index is 13.2. The van der Waals surface area contributed by atoms with Gasteiger partial charge in [-0.2, -0.15) is 5.10 Å². The molecule has 0 bridgehead atoms. The zero-order valence-electron chi connectivity index (χ0n) is 27.8. The number of piperazine rings is 1. The van der Waals surface area contributed by atoms with Gasteiger partial charge in [0.25, 0.3) is 17.4 Å². The van der Waals surface area contributed by atoms with Crippen LogP contribution < -0.4 is 26.0 Å². The molecule has 1 atom stereocenters. The van der Waals surface area contributed by atoms with Gasteiger partial charge in [0.05, 0.1) is 11.6 Å². The first-order chi connectivity index (χ1) is 22.4. The highest BCUT2D eigenvalue weighted by Crippen LogP contribution is 2.53. The van der Waals surface area contributed by atoms with E-state index >= 15 is 0 Å². The number of fused-ring (bicyclic) bond motifs is 1. The first kappa shape index (κ1) is 31.4. The Balaban J connectivity index is 0.885. The van der Waals surface area contributed by atoms with Crippen molar-refractivity contribution in [3.63, 3.8) is 0 Å². The van der Waals surface area contributed by atoms with Gasteiger partial charge in [-0.15, -0.1) is 0 Å². The van der Waals surface area contributed by atoms with Crippen molar-refractivity contribution in [2.24, 2.45) is 16.7 Å². The van der Waals surface area contributed by atoms with E-state index in [0.29, 0.717) is 16.9 Å². The van der Waals surface area contributed by atoms with Gasteiger partial charge in [0.2, 0.25) is 5.91 Å². The number of anilines is 2. The minimum Gasteiger partial charge on any atom is -0.371 e. The predicted molar refractivity (Wildman–Crippen MR) is 182 cm³/mol. The van der Waals surface area contributed by atoms with Gasteiger partial charge < -0.3 is 15.1 Å². The van der Waals surface area contributed by atoms with E-state index in [-0.39, 0.29) is 47.1 Å². The third-order valence-corrected chi connectivity index (χ3v) is 10.8. The topological polar surface area (TPSA) is 120 Å². The van der Waals surface area contributed by atoms with Crippen molar-refractivity contribution >= 4 is 39.9 Å². The summed E-state index contributed by atoms with van der Waals surface area (Å²) in [6, 6.07) is 13.3. The van der Waals surface area contributed by atoms with E-state index in [1.54, 1.807) is 6.20 Å². The molecule has 2 aromatic carbocycles. The molecule has 1 aromatic heterocycles. The minimum absolute atomic E-state index is 0.0106. The Bertz CT molecular complexity index is 1750. The number of amides is 3. The van der Waals surface area contributed by atoms with Crippen molar-refractivity contribution < 1.29 is 14.4 Å². The molecule has 3 aliphatic heterocycles. The molecule has 47 heavy (non-hydrogen) atoms. The number of aromatic nitrogens is 2. The first-order valence-electron chi connectivity index (χ1n) is 16.9. The molecule has 0 spiro atoms. The van der Waals surface area contributed by atoms with Gasteiger partial charge in [-0.3, -0.25) is 29.4 Å². The number of hydrogen-bond acceptors (Lipinski definition) is 8. The van der Waals surface area contributed by atoms with Crippen LogP contribution in [0.4, 0.5) is 11.4 Å². The molecule has 2 N–H and O–H groups in total. The Kier molecular flexibility index (Phi) is 7.85. The Morgan fingerprint density at radius 3 is 2.26 bits per heavy atom. The normalized spacial score (nSPS) is 23.3. The highest BCUT2D eigenvalue weighted by atomic mass is 16.2. The van der Waals surface area contributed by atoms with Gasteiger partial charge in [0, 0.05) is 86.5 Å². The molecule has 1 aliphatic carbocycles. The van der Waals surface area contributed by atoms with Crippen LogP contribution >= 0.6 is 0 Å². The number of nitrogens with one attached hydrogen (secondary N) is 2. The van der Waals surface area contributed by atoms with Crippen LogP contribution in [0.15, 0.2) is 53.5 Å². The SMILES string of the molecule is CC1(C)CC(C)(C)C1NC(=O)c1ccc(N2CC(CN3CCN(c4ccc5c(=O)n(C6CCC(=O)NC6=O)ncc5c4)CC3)C2)cc1. The first-order valence-corrected chi connectivity index (χ1v) is 16.9. The monoisotopic (exact) mass is 639 g/mol. The van der Waals surface area contributed by atoms with Crippen LogP contribution in [-0.2, 0) is 9.59 Å². The molecule has 4 heterocycles. The van der Waals surface area contributed by atoms with Gasteiger partial charge >= 0.3 is 0 Å². The predicted octanol–water partition coefficient (Wildman–Crippen LogP) is 3.19. The van der Waals surface area contributed by atoms with Crippen LogP contribution in [0, 0.1) is 16.7 Å². The lowest BCUT2D eigenvalue weighted by Crippen LogP contribution is -2.63. The summed E-state index contributed by atoms with van der Waals surface area (Å²) in [6.45, 7) is 15.8. The van der Waals surface area contributed by atoms with Crippen molar-refractivity contribution in [2.75, 3.05) is 55.6 Å². The number of imide groups is 1. The van der Waals surface area contributed by atoms with Crippen molar-refractivity contribution in [3.8, 4) is 0 Å². The van der Waals surface area contributed by atoms with Gasteiger partial charge in [-0.1, -0.05) is 27.7 Å². The molecule has 0 radical (unpaired) electrons. The van der Waals surface area contributed by atoms with Crippen molar-refractivity contribution in [1.29, 1.82) is 0 Å². The third-order valence-electron chi connectivity index (χ3n) is 10.8. The van der Waals surface area contributed by atoms with Gasteiger partial charge in [0.1, 0.15) is 6.04 Å². The van der Waals surface area contributed by atoms with Crippen LogP contribution in [0.5, 0.6) is 0 Å². The van der Waals surface area contributed by atoms with E-state index in [4.69, 9.17) is 0 Å². The summed E-state index contributed by atoms with van der Waals surface area (Å²) in [4.78, 5) is 57.2. The lowest BCUT2D eigenvalue weighted by Gasteiger charge is -2.57. The van der Waals surface area contributed by atoms with E-state index < -0.39 is 11.9 Å². The second-order valence-corrected chi connectivity index (χ2v) is 15.3. The molecular weight excluding hydrogens is 594 g/mol. The van der Waals surface area contributed by atoms with E-state index in [1.807, 2.05) is 30.3 Å². The molecule has 3 amide bonds. The van der Waals surface area contributed by atoms with Crippen molar-refractivity contribution in [3.05, 3.63) is 64.6 Å². The zero-order chi connectivity index (χ0) is 33.1. The number of carbonyl (C=O) groups is 3. The summed E-state index contributed by atoms with van der Waals surface area (Å²) in [5, 5.41) is 11.1. The highest BCUT2D eigenvalue weighted by molar-refractivity contribution is 5.99. The molecule has 11 heteroatoms. The quantitative estimate of drug-likeness (QED) is 0.379. The van der Waals surface area contributed by atoms with Crippen LogP contribution in [0.3, 0.4) is 0 Å². The lowest BCUT2D eigenvalue weighted by atomic mass is 9.52. The van der Waals surface area contributed by atoms with E-state index in [9.17, 15) is 19.2 Å². The number of benzene rings is 2. The molecule has 7 rings (SSSR count). The Morgan fingerprint density at radius 2 is 1.60 bits per heavy atom. The summed E-state index contributed by atoms with van der Waals surface area (Å²) in [6.07, 6.45) is 3.22. The van der Waals surface area contributed by atoms with Gasteiger partial charge in [-0.05, 0) is 66.1 Å². The maximum Gasteiger partial charge on any atom is 0.275 e. The summed E-state index contributed by atoms with van der Waals surface area (Å²) in [7, 11) is 0. The molecule has 11 nitrogen and oxygen atoms in total. The maximum atomic E-state index is 13.2. The fourth-order valence-electron chi connectivity index (χ4n) is 8.67. The zero-order valence-corrected chi connectivity index (χ0v) is 27.8. The minimum atomic E-state index is -0.767. The fourth-order valence-corrected chi connectivity index (χ4v) is 8.67. The summed E-state index contributed by atoms with van der Waals surface area (Å²) in [5.74, 6) is -0.171. The third kappa shape index (κ3) is 6.01. The van der Waals surface area contributed by atoms with E-state index in [0.717, 1.165) is 63.3 Å². The van der Waals surface area contributed by atoms with Gasteiger partial charge in [-0.25, -0.2) is 4.68 Å². The number of nitrogens with zero attached hydrogens (tertiary/aromatic N) is 5. The number of carbonyl (C=O) groups excluding carboxylic acids is 3.